The van der Waals surface area contributed by atoms with Crippen molar-refractivity contribution in [2.24, 2.45) is 5.92 Å². The maximum Gasteiger partial charge on any atom is 0.328 e. The first-order valence-electron chi connectivity index (χ1n) is 7.16. The maximum atomic E-state index is 10.7. The van der Waals surface area contributed by atoms with Crippen LogP contribution < -0.4 is 4.90 Å². The molecule has 1 N–H and O–H groups in total. The second-order valence-electron chi connectivity index (χ2n) is 5.73. The SMILES string of the molecule is CC(C)CN(CCN(C)C)c1ncccc1/C=C/C(=O)O. The summed E-state index contributed by atoms with van der Waals surface area (Å²) in [6, 6.07) is 3.72. The third kappa shape index (κ3) is 6.40. The Kier molecular flexibility index (Phi) is 6.88. The van der Waals surface area contributed by atoms with E-state index in [0.29, 0.717) is 5.92 Å². The van der Waals surface area contributed by atoms with E-state index in [4.69, 9.17) is 5.11 Å². The van der Waals surface area contributed by atoms with Crippen LogP contribution in [0.5, 0.6) is 0 Å². The highest BCUT2D eigenvalue weighted by atomic mass is 16.4. The molecule has 0 unspecified atom stereocenters. The van der Waals surface area contributed by atoms with Gasteiger partial charge in [-0.25, -0.2) is 9.78 Å². The van der Waals surface area contributed by atoms with Crippen molar-refractivity contribution in [3.05, 3.63) is 30.0 Å². The Morgan fingerprint density at radius 2 is 2.10 bits per heavy atom. The summed E-state index contributed by atoms with van der Waals surface area (Å²) >= 11 is 0. The van der Waals surface area contributed by atoms with Gasteiger partial charge in [0, 0.05) is 37.5 Å². The van der Waals surface area contributed by atoms with E-state index < -0.39 is 5.97 Å². The van der Waals surface area contributed by atoms with Crippen LogP contribution in [0.2, 0.25) is 0 Å². The summed E-state index contributed by atoms with van der Waals surface area (Å²) in [5.41, 5.74) is 0.833. The molecule has 0 fully saturated rings. The van der Waals surface area contributed by atoms with Crippen LogP contribution in [0.4, 0.5) is 5.82 Å². The van der Waals surface area contributed by atoms with Crippen LogP contribution in [0.25, 0.3) is 6.08 Å². The van der Waals surface area contributed by atoms with Gasteiger partial charge in [0.1, 0.15) is 5.82 Å². The quantitative estimate of drug-likeness (QED) is 0.744. The van der Waals surface area contributed by atoms with E-state index in [9.17, 15) is 4.79 Å². The van der Waals surface area contributed by atoms with Crippen molar-refractivity contribution in [1.29, 1.82) is 0 Å². The summed E-state index contributed by atoms with van der Waals surface area (Å²) in [7, 11) is 4.08. The number of carboxylic acid groups (broad SMARTS) is 1. The van der Waals surface area contributed by atoms with E-state index >= 15 is 0 Å². The first-order chi connectivity index (χ1) is 9.90. The fourth-order valence-corrected chi connectivity index (χ4v) is 2.01. The monoisotopic (exact) mass is 291 g/mol. The minimum absolute atomic E-state index is 0.505. The van der Waals surface area contributed by atoms with Gasteiger partial charge >= 0.3 is 5.97 Å². The van der Waals surface area contributed by atoms with Crippen molar-refractivity contribution >= 4 is 17.9 Å². The Bertz CT molecular complexity index is 484. The summed E-state index contributed by atoms with van der Waals surface area (Å²) in [6.45, 7) is 7.00. The van der Waals surface area contributed by atoms with Crippen LogP contribution in [0.15, 0.2) is 24.4 Å². The predicted molar refractivity (Wildman–Crippen MR) is 86.5 cm³/mol. The van der Waals surface area contributed by atoms with Crippen molar-refractivity contribution in [2.75, 3.05) is 38.6 Å². The summed E-state index contributed by atoms with van der Waals surface area (Å²) in [5.74, 6) is 0.393. The van der Waals surface area contributed by atoms with Crippen LogP contribution in [-0.2, 0) is 4.79 Å². The molecule has 0 atom stereocenters. The lowest BCUT2D eigenvalue weighted by Crippen LogP contribution is -2.35. The maximum absolute atomic E-state index is 10.7. The van der Waals surface area contributed by atoms with Crippen molar-refractivity contribution < 1.29 is 9.90 Å². The fraction of sp³-hybridized carbons (Fsp3) is 0.500. The molecule has 0 aliphatic rings. The van der Waals surface area contributed by atoms with Gasteiger partial charge in [0.15, 0.2) is 0 Å². The number of aromatic nitrogens is 1. The largest absolute Gasteiger partial charge is 0.478 e. The van der Waals surface area contributed by atoms with Crippen molar-refractivity contribution in [3.63, 3.8) is 0 Å². The predicted octanol–water partition coefficient (Wildman–Crippen LogP) is 2.20. The zero-order chi connectivity index (χ0) is 15.8. The highest BCUT2D eigenvalue weighted by Gasteiger charge is 2.13. The molecule has 1 aromatic heterocycles. The smallest absolute Gasteiger partial charge is 0.328 e. The third-order valence-electron chi connectivity index (χ3n) is 2.92. The Morgan fingerprint density at radius 3 is 2.67 bits per heavy atom. The minimum Gasteiger partial charge on any atom is -0.478 e. The molecular weight excluding hydrogens is 266 g/mol. The summed E-state index contributed by atoms with van der Waals surface area (Å²) in [4.78, 5) is 19.5. The van der Waals surface area contributed by atoms with E-state index in [1.54, 1.807) is 12.3 Å². The van der Waals surface area contributed by atoms with Gasteiger partial charge in [-0.05, 0) is 38.2 Å². The van der Waals surface area contributed by atoms with Gasteiger partial charge in [0.25, 0.3) is 0 Å². The van der Waals surface area contributed by atoms with E-state index in [1.165, 1.54) is 0 Å². The highest BCUT2D eigenvalue weighted by molar-refractivity contribution is 5.86. The lowest BCUT2D eigenvalue weighted by molar-refractivity contribution is -0.131. The first-order valence-corrected chi connectivity index (χ1v) is 7.16. The first kappa shape index (κ1) is 17.2. The summed E-state index contributed by atoms with van der Waals surface area (Å²) < 4.78 is 0. The van der Waals surface area contributed by atoms with Gasteiger partial charge in [0.05, 0.1) is 0 Å². The molecule has 1 rings (SSSR count). The zero-order valence-electron chi connectivity index (χ0n) is 13.3. The molecule has 0 aromatic carbocycles. The second-order valence-corrected chi connectivity index (χ2v) is 5.73. The number of carbonyl (C=O) groups is 1. The number of carboxylic acids is 1. The van der Waals surface area contributed by atoms with E-state index in [1.807, 2.05) is 26.2 Å². The second kappa shape index (κ2) is 8.42. The number of hydrogen-bond donors (Lipinski definition) is 1. The molecule has 1 aromatic rings. The Balaban J connectivity index is 3.02. The van der Waals surface area contributed by atoms with E-state index in [2.05, 4.69) is 28.6 Å². The summed E-state index contributed by atoms with van der Waals surface area (Å²) in [6.07, 6.45) is 4.50. The van der Waals surface area contributed by atoms with Crippen LogP contribution >= 0.6 is 0 Å². The standard InChI is InChI=1S/C16H25N3O2/c1-13(2)12-19(11-10-18(3)4)16-14(6-5-9-17-16)7-8-15(20)21/h5-9,13H,10-12H2,1-4H3,(H,20,21)/b8-7+. The average Bonchev–Trinajstić information content (AvgIpc) is 2.41. The Labute approximate surface area is 126 Å². The number of pyridine rings is 1. The normalized spacial score (nSPS) is 11.5. The molecule has 0 aliphatic heterocycles. The van der Waals surface area contributed by atoms with Crippen molar-refractivity contribution in [3.8, 4) is 0 Å². The van der Waals surface area contributed by atoms with Gasteiger partial charge < -0.3 is 14.9 Å². The van der Waals surface area contributed by atoms with E-state index in [-0.39, 0.29) is 0 Å². The molecule has 0 spiro atoms. The number of hydrogen-bond acceptors (Lipinski definition) is 4. The van der Waals surface area contributed by atoms with Crippen LogP contribution in [-0.4, -0.2) is 54.7 Å². The molecular formula is C16H25N3O2. The van der Waals surface area contributed by atoms with Gasteiger partial charge in [-0.15, -0.1) is 0 Å². The molecule has 5 nitrogen and oxygen atoms in total. The van der Waals surface area contributed by atoms with Gasteiger partial charge in [-0.3, -0.25) is 0 Å². The number of likely N-dealkylation sites (N-methyl/N-ethyl adjacent to an activating group) is 1. The Hall–Kier alpha value is -1.88. The average molecular weight is 291 g/mol. The molecule has 1 heterocycles. The topological polar surface area (TPSA) is 56.7 Å². The highest BCUT2D eigenvalue weighted by Crippen LogP contribution is 2.20. The zero-order valence-corrected chi connectivity index (χ0v) is 13.3. The molecule has 5 heteroatoms. The minimum atomic E-state index is -0.950. The van der Waals surface area contributed by atoms with Gasteiger partial charge in [-0.1, -0.05) is 13.8 Å². The molecule has 0 saturated carbocycles. The molecule has 0 amide bonds. The third-order valence-corrected chi connectivity index (χ3v) is 2.92. The molecule has 0 saturated heterocycles. The molecule has 116 valence electrons. The van der Waals surface area contributed by atoms with Crippen LogP contribution in [0.1, 0.15) is 19.4 Å². The lowest BCUT2D eigenvalue weighted by atomic mass is 10.1. The van der Waals surface area contributed by atoms with Crippen molar-refractivity contribution in [1.82, 2.24) is 9.88 Å². The molecule has 0 aliphatic carbocycles. The van der Waals surface area contributed by atoms with Gasteiger partial charge in [0.2, 0.25) is 0 Å². The molecule has 21 heavy (non-hydrogen) atoms. The van der Waals surface area contributed by atoms with Crippen LogP contribution in [0.3, 0.4) is 0 Å². The fourth-order valence-electron chi connectivity index (χ4n) is 2.01. The lowest BCUT2D eigenvalue weighted by Gasteiger charge is -2.28. The Morgan fingerprint density at radius 1 is 1.38 bits per heavy atom. The van der Waals surface area contributed by atoms with E-state index in [0.717, 1.165) is 37.1 Å². The number of aliphatic carboxylic acids is 1. The van der Waals surface area contributed by atoms with Gasteiger partial charge in [-0.2, -0.15) is 0 Å². The number of anilines is 1. The van der Waals surface area contributed by atoms with Crippen LogP contribution in [0, 0.1) is 5.92 Å². The molecule has 0 radical (unpaired) electrons. The number of rotatable bonds is 8. The number of nitrogens with zero attached hydrogens (tertiary/aromatic N) is 3. The molecule has 0 bridgehead atoms. The summed E-state index contributed by atoms with van der Waals surface area (Å²) in [5, 5.41) is 8.80. The van der Waals surface area contributed by atoms with Crippen molar-refractivity contribution in [2.45, 2.75) is 13.8 Å².